The molecular weight excluding hydrogens is 399 g/mol. The van der Waals surface area contributed by atoms with Crippen molar-refractivity contribution in [3.63, 3.8) is 0 Å². The number of nitrogens with one attached hydrogen (secondary N) is 1. The summed E-state index contributed by atoms with van der Waals surface area (Å²) in [6.07, 6.45) is 0. The highest BCUT2D eigenvalue weighted by Crippen LogP contribution is 2.32. The molecule has 0 saturated carbocycles. The molecule has 2 aromatic heterocycles. The van der Waals surface area contributed by atoms with Crippen molar-refractivity contribution in [2.45, 2.75) is 32.4 Å². The molecule has 0 fully saturated rings. The molecule has 9 heteroatoms. The normalized spacial score (nSPS) is 12.4. The Morgan fingerprint density at radius 2 is 2.00 bits per heavy atom. The van der Waals surface area contributed by atoms with E-state index in [0.29, 0.717) is 4.88 Å². The third kappa shape index (κ3) is 4.60. The minimum absolute atomic E-state index is 0.0966. The van der Waals surface area contributed by atoms with Gasteiger partial charge in [0.2, 0.25) is 5.91 Å². The lowest BCUT2D eigenvalue weighted by atomic mass is 10.1. The Morgan fingerprint density at radius 3 is 2.57 bits per heavy atom. The summed E-state index contributed by atoms with van der Waals surface area (Å²) in [6.45, 7) is 5.57. The molecule has 2 heterocycles. The Kier molecular flexibility index (Phi) is 5.85. The Morgan fingerprint density at radius 1 is 1.21 bits per heavy atom. The molecule has 1 atom stereocenters. The monoisotopic (exact) mass is 418 g/mol. The number of aromatic nitrogens is 2. The lowest BCUT2D eigenvalue weighted by Gasteiger charge is -2.32. The Balaban J connectivity index is 2.13. The summed E-state index contributed by atoms with van der Waals surface area (Å²) < 4.78 is 17.7. The Labute approximate surface area is 170 Å². The molecule has 0 bridgehead atoms. The summed E-state index contributed by atoms with van der Waals surface area (Å²) in [5, 5.41) is 10.1. The second-order valence-electron chi connectivity index (χ2n) is 7.10. The maximum absolute atomic E-state index is 13.9. The van der Waals surface area contributed by atoms with Crippen LogP contribution < -0.4 is 10.2 Å². The zero-order valence-electron chi connectivity index (χ0n) is 15.5. The third-order valence-electron chi connectivity index (χ3n) is 3.70. The molecule has 3 aromatic rings. The number of carbonyl (C=O) groups excluding carboxylic acids is 2. The van der Waals surface area contributed by atoms with E-state index in [9.17, 15) is 14.0 Å². The molecule has 1 aromatic carbocycles. The van der Waals surface area contributed by atoms with Crippen LogP contribution in [-0.4, -0.2) is 26.9 Å². The molecule has 3 rings (SSSR count). The molecule has 0 radical (unpaired) electrons. The molecule has 28 heavy (non-hydrogen) atoms. The molecule has 6 nitrogen and oxygen atoms in total. The number of anilines is 1. The van der Waals surface area contributed by atoms with Gasteiger partial charge in [0.25, 0.3) is 5.91 Å². The van der Waals surface area contributed by atoms with Gasteiger partial charge < -0.3 is 5.32 Å². The standard InChI is InChI=1S/C19H19FN4O2S2/c1-19(2,3)21-17(25)16(15-8-5-9-27-15)24(13-7-4-6-12(20)10-13)18(26)14-11-28-23-22-14/h4-11,16H,1-3H3,(H,21,25)/t16-/m0/s1. The predicted molar refractivity (Wildman–Crippen MR) is 108 cm³/mol. The Hall–Kier alpha value is -2.65. The van der Waals surface area contributed by atoms with Gasteiger partial charge in [-0.3, -0.25) is 14.5 Å². The molecule has 0 saturated heterocycles. The average Bonchev–Trinajstić information content (AvgIpc) is 3.30. The van der Waals surface area contributed by atoms with Crippen LogP contribution in [0.4, 0.5) is 10.1 Å². The number of halogens is 1. The lowest BCUT2D eigenvalue weighted by molar-refractivity contribution is -0.123. The van der Waals surface area contributed by atoms with Crippen molar-refractivity contribution in [3.8, 4) is 0 Å². The highest BCUT2D eigenvalue weighted by molar-refractivity contribution is 7.10. The maximum atomic E-state index is 13.9. The van der Waals surface area contributed by atoms with Crippen LogP contribution in [0.5, 0.6) is 0 Å². The van der Waals surface area contributed by atoms with Crippen LogP contribution in [0.15, 0.2) is 47.2 Å². The summed E-state index contributed by atoms with van der Waals surface area (Å²) in [5.41, 5.74) is -0.148. The van der Waals surface area contributed by atoms with Crippen LogP contribution in [-0.2, 0) is 4.79 Å². The second-order valence-corrected chi connectivity index (χ2v) is 8.69. The van der Waals surface area contributed by atoms with Crippen molar-refractivity contribution < 1.29 is 14.0 Å². The van der Waals surface area contributed by atoms with Crippen molar-refractivity contribution in [3.05, 3.63) is 63.5 Å². The minimum atomic E-state index is -0.977. The van der Waals surface area contributed by atoms with E-state index in [1.807, 2.05) is 26.2 Å². The number of benzene rings is 1. The molecule has 0 spiro atoms. The second kappa shape index (κ2) is 8.15. The van der Waals surface area contributed by atoms with E-state index in [1.54, 1.807) is 18.2 Å². The van der Waals surface area contributed by atoms with E-state index < -0.39 is 23.3 Å². The van der Waals surface area contributed by atoms with Crippen LogP contribution in [0.2, 0.25) is 0 Å². The molecular formula is C19H19FN4O2S2. The van der Waals surface area contributed by atoms with E-state index in [-0.39, 0.29) is 17.3 Å². The largest absolute Gasteiger partial charge is 0.349 e. The first-order valence-electron chi connectivity index (χ1n) is 8.48. The lowest BCUT2D eigenvalue weighted by Crippen LogP contribution is -2.49. The van der Waals surface area contributed by atoms with Crippen molar-refractivity contribution in [2.24, 2.45) is 0 Å². The van der Waals surface area contributed by atoms with Gasteiger partial charge in [-0.2, -0.15) is 0 Å². The van der Waals surface area contributed by atoms with Gasteiger partial charge >= 0.3 is 0 Å². The van der Waals surface area contributed by atoms with E-state index in [2.05, 4.69) is 14.9 Å². The van der Waals surface area contributed by atoms with E-state index in [1.165, 1.54) is 39.8 Å². The topological polar surface area (TPSA) is 75.2 Å². The zero-order valence-corrected chi connectivity index (χ0v) is 17.2. The molecule has 0 aliphatic rings. The van der Waals surface area contributed by atoms with Crippen LogP contribution in [0.3, 0.4) is 0 Å². The Bertz CT molecular complexity index is 953. The molecule has 1 N–H and O–H groups in total. The van der Waals surface area contributed by atoms with Gasteiger partial charge in [-0.25, -0.2) is 4.39 Å². The van der Waals surface area contributed by atoms with Gasteiger partial charge in [-0.05, 0) is 61.9 Å². The fraction of sp³-hybridized carbons (Fsp3) is 0.263. The van der Waals surface area contributed by atoms with Crippen LogP contribution >= 0.6 is 22.9 Å². The average molecular weight is 419 g/mol. The van der Waals surface area contributed by atoms with Crippen molar-refractivity contribution >= 4 is 40.4 Å². The van der Waals surface area contributed by atoms with Crippen LogP contribution in [0.1, 0.15) is 42.2 Å². The molecule has 2 amide bonds. The quantitative estimate of drug-likeness (QED) is 0.679. The van der Waals surface area contributed by atoms with Crippen molar-refractivity contribution in [1.82, 2.24) is 14.9 Å². The van der Waals surface area contributed by atoms with E-state index in [0.717, 1.165) is 11.5 Å². The van der Waals surface area contributed by atoms with Gasteiger partial charge in [0.1, 0.15) is 5.82 Å². The highest BCUT2D eigenvalue weighted by Gasteiger charge is 2.36. The summed E-state index contributed by atoms with van der Waals surface area (Å²) in [4.78, 5) is 28.4. The van der Waals surface area contributed by atoms with E-state index in [4.69, 9.17) is 0 Å². The fourth-order valence-corrected chi connectivity index (χ4v) is 3.89. The highest BCUT2D eigenvalue weighted by atomic mass is 32.1. The van der Waals surface area contributed by atoms with Gasteiger partial charge in [-0.1, -0.05) is 16.6 Å². The molecule has 0 aliphatic carbocycles. The van der Waals surface area contributed by atoms with Crippen molar-refractivity contribution in [1.29, 1.82) is 0 Å². The first-order valence-corrected chi connectivity index (χ1v) is 10.2. The first-order chi connectivity index (χ1) is 13.3. The molecule has 0 aliphatic heterocycles. The minimum Gasteiger partial charge on any atom is -0.349 e. The predicted octanol–water partition coefficient (Wildman–Crippen LogP) is 4.04. The van der Waals surface area contributed by atoms with Gasteiger partial charge in [-0.15, -0.1) is 16.4 Å². The van der Waals surface area contributed by atoms with Gasteiger partial charge in [0.15, 0.2) is 11.7 Å². The number of carbonyl (C=O) groups is 2. The fourth-order valence-electron chi connectivity index (χ4n) is 2.65. The summed E-state index contributed by atoms with van der Waals surface area (Å²) >= 11 is 2.38. The van der Waals surface area contributed by atoms with Crippen LogP contribution in [0, 0.1) is 5.82 Å². The number of hydrogen-bond acceptors (Lipinski definition) is 6. The molecule has 146 valence electrons. The number of thiophene rings is 1. The maximum Gasteiger partial charge on any atom is 0.280 e. The molecule has 0 unspecified atom stereocenters. The SMILES string of the molecule is CC(C)(C)NC(=O)[C@H](c1cccs1)N(C(=O)c1csnn1)c1cccc(F)c1. The summed E-state index contributed by atoms with van der Waals surface area (Å²) in [6, 6.07) is 8.19. The van der Waals surface area contributed by atoms with Crippen LogP contribution in [0.25, 0.3) is 0 Å². The third-order valence-corrected chi connectivity index (χ3v) is 5.13. The number of rotatable bonds is 5. The number of amides is 2. The summed E-state index contributed by atoms with van der Waals surface area (Å²) in [5.74, 6) is -1.40. The van der Waals surface area contributed by atoms with Crippen molar-refractivity contribution in [2.75, 3.05) is 4.90 Å². The first kappa shape index (κ1) is 20.1. The zero-order chi connectivity index (χ0) is 20.3. The number of hydrogen-bond donors (Lipinski definition) is 1. The van der Waals surface area contributed by atoms with Gasteiger partial charge in [0, 0.05) is 21.5 Å². The smallest absolute Gasteiger partial charge is 0.280 e. The van der Waals surface area contributed by atoms with Gasteiger partial charge in [0.05, 0.1) is 0 Å². The number of nitrogens with zero attached hydrogens (tertiary/aromatic N) is 3. The summed E-state index contributed by atoms with van der Waals surface area (Å²) in [7, 11) is 0. The van der Waals surface area contributed by atoms with E-state index >= 15 is 0 Å².